The zero-order valence-electron chi connectivity index (χ0n) is 11.6. The highest BCUT2D eigenvalue weighted by molar-refractivity contribution is 5.86. The van der Waals surface area contributed by atoms with E-state index < -0.39 is 5.91 Å². The van der Waals surface area contributed by atoms with Gasteiger partial charge in [0.05, 0.1) is 6.42 Å². The van der Waals surface area contributed by atoms with Crippen LogP contribution in [-0.4, -0.2) is 17.5 Å². The van der Waals surface area contributed by atoms with E-state index in [0.29, 0.717) is 5.69 Å². The summed E-state index contributed by atoms with van der Waals surface area (Å²) in [7, 11) is 0. The Morgan fingerprint density at radius 1 is 1.10 bits per heavy atom. The van der Waals surface area contributed by atoms with Gasteiger partial charge in [-0.25, -0.2) is 5.48 Å². The third-order valence-corrected chi connectivity index (χ3v) is 3.12. The molecular formula is C16H16N2O3. The summed E-state index contributed by atoms with van der Waals surface area (Å²) >= 11 is 0. The van der Waals surface area contributed by atoms with Crippen LogP contribution in [0.15, 0.2) is 48.5 Å². The van der Waals surface area contributed by atoms with Crippen molar-refractivity contribution in [2.75, 3.05) is 4.90 Å². The minimum atomic E-state index is -0.478. The zero-order valence-corrected chi connectivity index (χ0v) is 11.6. The van der Waals surface area contributed by atoms with Gasteiger partial charge in [0.2, 0.25) is 12.3 Å². The summed E-state index contributed by atoms with van der Waals surface area (Å²) in [5.41, 5.74) is 4.94. The average Bonchev–Trinajstić information content (AvgIpc) is 2.51. The van der Waals surface area contributed by atoms with E-state index in [1.807, 2.05) is 31.2 Å². The minimum absolute atomic E-state index is 0.0857. The summed E-state index contributed by atoms with van der Waals surface area (Å²) in [4.78, 5) is 23.9. The van der Waals surface area contributed by atoms with Gasteiger partial charge in [0.1, 0.15) is 0 Å². The maximum atomic E-state index is 11.3. The largest absolute Gasteiger partial charge is 0.289 e. The van der Waals surface area contributed by atoms with Crippen LogP contribution >= 0.6 is 0 Å². The van der Waals surface area contributed by atoms with Crippen molar-refractivity contribution < 1.29 is 14.8 Å². The molecule has 108 valence electrons. The summed E-state index contributed by atoms with van der Waals surface area (Å²) in [5.74, 6) is -0.478. The van der Waals surface area contributed by atoms with Crippen molar-refractivity contribution >= 4 is 23.7 Å². The van der Waals surface area contributed by atoms with Gasteiger partial charge < -0.3 is 0 Å². The van der Waals surface area contributed by atoms with E-state index in [2.05, 4.69) is 0 Å². The molecule has 0 heterocycles. The van der Waals surface area contributed by atoms with Gasteiger partial charge in [-0.2, -0.15) is 0 Å². The first-order valence-corrected chi connectivity index (χ1v) is 6.47. The fraction of sp³-hybridized carbons (Fsp3) is 0.125. The molecule has 2 amide bonds. The second kappa shape index (κ2) is 6.67. The molecule has 0 aliphatic heterocycles. The third kappa shape index (κ3) is 3.67. The molecule has 0 fully saturated rings. The number of carbonyl (C=O) groups excluding carboxylic acids is 2. The van der Waals surface area contributed by atoms with Gasteiger partial charge in [-0.15, -0.1) is 0 Å². The second-order valence-electron chi connectivity index (χ2n) is 4.69. The van der Waals surface area contributed by atoms with Crippen molar-refractivity contribution in [3.05, 3.63) is 59.7 Å². The molecule has 0 aliphatic rings. The fourth-order valence-electron chi connectivity index (χ4n) is 1.98. The first kappa shape index (κ1) is 14.7. The number of nitrogens with zero attached hydrogens (tertiary/aromatic N) is 1. The predicted octanol–water partition coefficient (Wildman–Crippen LogP) is 2.34. The number of anilines is 2. The van der Waals surface area contributed by atoms with E-state index >= 15 is 0 Å². The molecule has 0 bridgehead atoms. The van der Waals surface area contributed by atoms with Crippen LogP contribution in [0.2, 0.25) is 0 Å². The first-order valence-electron chi connectivity index (χ1n) is 6.47. The van der Waals surface area contributed by atoms with Crippen LogP contribution in [0.1, 0.15) is 11.1 Å². The fourth-order valence-corrected chi connectivity index (χ4v) is 1.98. The van der Waals surface area contributed by atoms with E-state index in [4.69, 9.17) is 5.21 Å². The molecule has 5 heteroatoms. The standard InChI is InChI=1S/C16H16N2O3/c1-12-2-6-14(7-3-12)18(11-19)15-8-4-13(5-9-15)10-16(20)17-21/h2-9,11,21H,10H2,1H3,(H,17,20). The molecule has 0 aliphatic carbocycles. The van der Waals surface area contributed by atoms with E-state index in [1.165, 1.54) is 4.90 Å². The Kier molecular flexibility index (Phi) is 4.68. The highest BCUT2D eigenvalue weighted by Crippen LogP contribution is 2.24. The average molecular weight is 284 g/mol. The Bertz CT molecular complexity index is 621. The van der Waals surface area contributed by atoms with Gasteiger partial charge in [0, 0.05) is 11.4 Å². The summed E-state index contributed by atoms with van der Waals surface area (Å²) in [6, 6.07) is 14.6. The number of hydroxylamine groups is 1. The molecule has 21 heavy (non-hydrogen) atoms. The van der Waals surface area contributed by atoms with Crippen molar-refractivity contribution in [3.63, 3.8) is 0 Å². The smallest absolute Gasteiger partial charge is 0.247 e. The molecule has 2 aromatic carbocycles. The number of amides is 2. The van der Waals surface area contributed by atoms with E-state index in [-0.39, 0.29) is 6.42 Å². The number of benzene rings is 2. The van der Waals surface area contributed by atoms with Crippen LogP contribution in [0.3, 0.4) is 0 Å². The Labute approximate surface area is 122 Å². The van der Waals surface area contributed by atoms with Crippen LogP contribution in [0.5, 0.6) is 0 Å². The van der Waals surface area contributed by atoms with Crippen LogP contribution in [0.25, 0.3) is 0 Å². The number of carbonyl (C=O) groups is 2. The number of rotatable bonds is 5. The van der Waals surface area contributed by atoms with Gasteiger partial charge in [-0.05, 0) is 36.8 Å². The Morgan fingerprint density at radius 3 is 2.10 bits per heavy atom. The SMILES string of the molecule is Cc1ccc(N(C=O)c2ccc(CC(=O)NO)cc2)cc1. The van der Waals surface area contributed by atoms with Gasteiger partial charge in [-0.1, -0.05) is 29.8 Å². The molecule has 0 saturated carbocycles. The number of nitrogens with one attached hydrogen (secondary N) is 1. The van der Waals surface area contributed by atoms with E-state index in [9.17, 15) is 9.59 Å². The topological polar surface area (TPSA) is 69.6 Å². The molecule has 2 N–H and O–H groups in total. The van der Waals surface area contributed by atoms with E-state index in [1.54, 1.807) is 29.7 Å². The number of hydrogen-bond acceptors (Lipinski definition) is 3. The lowest BCUT2D eigenvalue weighted by Gasteiger charge is -2.18. The zero-order chi connectivity index (χ0) is 15.2. The number of aryl methyl sites for hydroxylation is 1. The van der Waals surface area contributed by atoms with Crippen molar-refractivity contribution in [3.8, 4) is 0 Å². The molecule has 0 atom stereocenters. The van der Waals surface area contributed by atoms with Crippen molar-refractivity contribution in [1.29, 1.82) is 0 Å². The molecule has 2 aromatic rings. The maximum Gasteiger partial charge on any atom is 0.247 e. The van der Waals surface area contributed by atoms with Crippen LogP contribution in [-0.2, 0) is 16.0 Å². The second-order valence-corrected chi connectivity index (χ2v) is 4.69. The number of hydrogen-bond donors (Lipinski definition) is 2. The lowest BCUT2D eigenvalue weighted by atomic mass is 10.1. The van der Waals surface area contributed by atoms with Gasteiger partial charge in [-0.3, -0.25) is 19.7 Å². The van der Waals surface area contributed by atoms with Crippen molar-refractivity contribution in [1.82, 2.24) is 5.48 Å². The van der Waals surface area contributed by atoms with Crippen LogP contribution < -0.4 is 10.4 Å². The quantitative estimate of drug-likeness (QED) is 0.503. The lowest BCUT2D eigenvalue weighted by Crippen LogP contribution is -2.20. The molecule has 0 spiro atoms. The van der Waals surface area contributed by atoms with Gasteiger partial charge in [0.25, 0.3) is 0 Å². The summed E-state index contributed by atoms with van der Waals surface area (Å²) in [6.45, 7) is 1.98. The van der Waals surface area contributed by atoms with Crippen LogP contribution in [0, 0.1) is 6.92 Å². The highest BCUT2D eigenvalue weighted by Gasteiger charge is 2.08. The van der Waals surface area contributed by atoms with E-state index in [0.717, 1.165) is 23.2 Å². The molecule has 0 radical (unpaired) electrons. The summed E-state index contributed by atoms with van der Waals surface area (Å²) < 4.78 is 0. The third-order valence-electron chi connectivity index (χ3n) is 3.12. The first-order chi connectivity index (χ1) is 10.1. The minimum Gasteiger partial charge on any atom is -0.289 e. The molecule has 0 saturated heterocycles. The molecular weight excluding hydrogens is 268 g/mol. The lowest BCUT2D eigenvalue weighted by molar-refractivity contribution is -0.128. The van der Waals surface area contributed by atoms with Crippen molar-refractivity contribution in [2.24, 2.45) is 0 Å². The van der Waals surface area contributed by atoms with Gasteiger partial charge >= 0.3 is 0 Å². The Balaban J connectivity index is 2.21. The highest BCUT2D eigenvalue weighted by atomic mass is 16.5. The Hall–Kier alpha value is -2.66. The summed E-state index contributed by atoms with van der Waals surface area (Å²) in [5, 5.41) is 8.49. The monoisotopic (exact) mass is 284 g/mol. The van der Waals surface area contributed by atoms with Gasteiger partial charge in [0.15, 0.2) is 0 Å². The predicted molar refractivity (Wildman–Crippen MR) is 79.5 cm³/mol. The molecule has 0 unspecified atom stereocenters. The van der Waals surface area contributed by atoms with Crippen LogP contribution in [0.4, 0.5) is 11.4 Å². The summed E-state index contributed by atoms with van der Waals surface area (Å²) in [6.07, 6.45) is 0.836. The maximum absolute atomic E-state index is 11.3. The Morgan fingerprint density at radius 2 is 1.62 bits per heavy atom. The molecule has 2 rings (SSSR count). The van der Waals surface area contributed by atoms with Crippen molar-refractivity contribution in [2.45, 2.75) is 13.3 Å². The normalized spacial score (nSPS) is 10.0. The molecule has 5 nitrogen and oxygen atoms in total. The molecule has 0 aromatic heterocycles.